The van der Waals surface area contributed by atoms with Gasteiger partial charge in [-0.05, 0) is 12.8 Å². The lowest BCUT2D eigenvalue weighted by atomic mass is 10.2. The van der Waals surface area contributed by atoms with Gasteiger partial charge in [0.25, 0.3) is 0 Å². The van der Waals surface area contributed by atoms with Crippen LogP contribution in [0, 0.1) is 12.8 Å². The van der Waals surface area contributed by atoms with E-state index in [4.69, 9.17) is 4.74 Å². The molecular formula is C12H24O. The average molecular weight is 184 g/mol. The number of rotatable bonds is 8. The van der Waals surface area contributed by atoms with Crippen LogP contribution in [0.15, 0.2) is 0 Å². The van der Waals surface area contributed by atoms with Gasteiger partial charge in [-0.15, -0.1) is 12.8 Å². The Hall–Kier alpha value is -0.480. The van der Waals surface area contributed by atoms with Crippen molar-refractivity contribution in [2.75, 3.05) is 13.2 Å². The third-order valence-electron chi connectivity index (χ3n) is 1.74. The monoisotopic (exact) mass is 184 g/mol. The Kier molecular flexibility index (Phi) is 20.3. The molecule has 0 amide bonds. The van der Waals surface area contributed by atoms with Crippen LogP contribution in [0.3, 0.4) is 0 Å². The zero-order valence-corrected chi connectivity index (χ0v) is 9.22. The molecule has 0 aliphatic heterocycles. The fraction of sp³-hybridized carbons (Fsp3) is 0.833. The Balaban J connectivity index is 0. The number of ether oxygens (including phenoxy) is 1. The summed E-state index contributed by atoms with van der Waals surface area (Å²) >= 11 is 0. The molecule has 0 spiro atoms. The van der Waals surface area contributed by atoms with E-state index in [1.165, 1.54) is 32.1 Å². The zero-order chi connectivity index (χ0) is 10.4. The molecule has 0 N–H and O–H groups in total. The van der Waals surface area contributed by atoms with Crippen LogP contribution < -0.4 is 0 Å². The number of terminal acetylenes is 1. The van der Waals surface area contributed by atoms with Crippen LogP contribution in [0.4, 0.5) is 0 Å². The van der Waals surface area contributed by atoms with Gasteiger partial charge in [-0.2, -0.15) is 0 Å². The van der Waals surface area contributed by atoms with Crippen molar-refractivity contribution in [3.8, 4) is 12.8 Å². The SMILES string of the molecule is C#C.CCCCCCCOCCC. The topological polar surface area (TPSA) is 9.23 Å². The first kappa shape index (κ1) is 15.0. The normalized spacial score (nSPS) is 8.92. The third kappa shape index (κ3) is 18.5. The quantitative estimate of drug-likeness (QED) is 0.413. The van der Waals surface area contributed by atoms with Crippen LogP contribution in [0.2, 0.25) is 0 Å². The molecule has 78 valence electrons. The molecular weight excluding hydrogens is 160 g/mol. The van der Waals surface area contributed by atoms with Gasteiger partial charge < -0.3 is 4.74 Å². The highest BCUT2D eigenvalue weighted by atomic mass is 16.5. The van der Waals surface area contributed by atoms with Gasteiger partial charge in [-0.1, -0.05) is 39.5 Å². The van der Waals surface area contributed by atoms with Crippen molar-refractivity contribution in [1.82, 2.24) is 0 Å². The Morgan fingerprint density at radius 1 is 0.769 bits per heavy atom. The molecule has 0 bridgehead atoms. The lowest BCUT2D eigenvalue weighted by Crippen LogP contribution is -1.95. The van der Waals surface area contributed by atoms with E-state index in [1.807, 2.05) is 0 Å². The summed E-state index contributed by atoms with van der Waals surface area (Å²) in [6, 6.07) is 0. The van der Waals surface area contributed by atoms with Gasteiger partial charge >= 0.3 is 0 Å². The highest BCUT2D eigenvalue weighted by Gasteiger charge is 1.88. The number of hydrogen-bond donors (Lipinski definition) is 0. The molecule has 0 fully saturated rings. The predicted molar refractivity (Wildman–Crippen MR) is 59.8 cm³/mol. The molecule has 0 rings (SSSR count). The van der Waals surface area contributed by atoms with Gasteiger partial charge in [0, 0.05) is 13.2 Å². The van der Waals surface area contributed by atoms with Crippen molar-refractivity contribution in [1.29, 1.82) is 0 Å². The molecule has 0 radical (unpaired) electrons. The third-order valence-corrected chi connectivity index (χ3v) is 1.74. The van der Waals surface area contributed by atoms with Crippen molar-refractivity contribution in [2.45, 2.75) is 52.4 Å². The minimum absolute atomic E-state index is 0.938. The molecule has 0 aliphatic rings. The summed E-state index contributed by atoms with van der Waals surface area (Å²) < 4.78 is 5.36. The summed E-state index contributed by atoms with van der Waals surface area (Å²) in [5.74, 6) is 0. The Labute approximate surface area is 83.9 Å². The Morgan fingerprint density at radius 2 is 1.38 bits per heavy atom. The first-order valence-electron chi connectivity index (χ1n) is 5.32. The minimum atomic E-state index is 0.938. The van der Waals surface area contributed by atoms with Crippen molar-refractivity contribution in [2.24, 2.45) is 0 Å². The summed E-state index contributed by atoms with van der Waals surface area (Å²) in [6.07, 6.45) is 15.8. The summed E-state index contributed by atoms with van der Waals surface area (Å²) in [6.45, 7) is 6.30. The molecule has 0 aromatic heterocycles. The van der Waals surface area contributed by atoms with Gasteiger partial charge in [0.1, 0.15) is 0 Å². The van der Waals surface area contributed by atoms with Gasteiger partial charge in [0.2, 0.25) is 0 Å². The zero-order valence-electron chi connectivity index (χ0n) is 9.22. The van der Waals surface area contributed by atoms with Crippen LogP contribution in [0.1, 0.15) is 52.4 Å². The van der Waals surface area contributed by atoms with E-state index in [-0.39, 0.29) is 0 Å². The van der Waals surface area contributed by atoms with Crippen molar-refractivity contribution in [3.05, 3.63) is 0 Å². The smallest absolute Gasteiger partial charge is 0.0466 e. The summed E-state index contributed by atoms with van der Waals surface area (Å²) in [5.41, 5.74) is 0. The molecule has 0 aliphatic carbocycles. The maximum atomic E-state index is 5.36. The number of unbranched alkanes of at least 4 members (excludes halogenated alkanes) is 4. The Morgan fingerprint density at radius 3 is 1.92 bits per heavy atom. The molecule has 0 heterocycles. The van der Waals surface area contributed by atoms with Crippen molar-refractivity contribution >= 4 is 0 Å². The average Bonchev–Trinajstić information content (AvgIpc) is 2.20. The molecule has 1 heteroatoms. The summed E-state index contributed by atoms with van der Waals surface area (Å²) in [7, 11) is 0. The Bertz CT molecular complexity index is 78.4. The number of hydrogen-bond acceptors (Lipinski definition) is 1. The van der Waals surface area contributed by atoms with Crippen molar-refractivity contribution in [3.63, 3.8) is 0 Å². The highest BCUT2D eigenvalue weighted by Crippen LogP contribution is 2.02. The van der Waals surface area contributed by atoms with Gasteiger partial charge in [0.15, 0.2) is 0 Å². The van der Waals surface area contributed by atoms with E-state index in [9.17, 15) is 0 Å². The first-order chi connectivity index (χ1) is 6.41. The molecule has 0 aromatic rings. The van der Waals surface area contributed by atoms with E-state index in [0.717, 1.165) is 19.6 Å². The van der Waals surface area contributed by atoms with Crippen LogP contribution in [-0.4, -0.2) is 13.2 Å². The molecule has 0 saturated carbocycles. The summed E-state index contributed by atoms with van der Waals surface area (Å²) in [5, 5.41) is 0. The lowest BCUT2D eigenvalue weighted by Gasteiger charge is -2.01. The molecule has 0 atom stereocenters. The van der Waals surface area contributed by atoms with Crippen LogP contribution in [0.5, 0.6) is 0 Å². The van der Waals surface area contributed by atoms with Crippen LogP contribution in [0.25, 0.3) is 0 Å². The highest BCUT2D eigenvalue weighted by molar-refractivity contribution is 4.47. The van der Waals surface area contributed by atoms with Gasteiger partial charge in [0.05, 0.1) is 0 Å². The van der Waals surface area contributed by atoms with Crippen molar-refractivity contribution < 1.29 is 4.74 Å². The second-order valence-electron chi connectivity index (χ2n) is 3.03. The second kappa shape index (κ2) is 17.6. The van der Waals surface area contributed by atoms with Gasteiger partial charge in [-0.25, -0.2) is 0 Å². The first-order valence-corrected chi connectivity index (χ1v) is 5.32. The van der Waals surface area contributed by atoms with E-state index in [0.29, 0.717) is 0 Å². The maximum Gasteiger partial charge on any atom is 0.0466 e. The van der Waals surface area contributed by atoms with Crippen LogP contribution >= 0.6 is 0 Å². The van der Waals surface area contributed by atoms with E-state index >= 15 is 0 Å². The minimum Gasteiger partial charge on any atom is -0.381 e. The molecule has 0 aromatic carbocycles. The van der Waals surface area contributed by atoms with Crippen LogP contribution in [-0.2, 0) is 4.74 Å². The largest absolute Gasteiger partial charge is 0.381 e. The summed E-state index contributed by atoms with van der Waals surface area (Å²) in [4.78, 5) is 0. The second-order valence-corrected chi connectivity index (χ2v) is 3.03. The van der Waals surface area contributed by atoms with Gasteiger partial charge in [-0.3, -0.25) is 0 Å². The lowest BCUT2D eigenvalue weighted by molar-refractivity contribution is 0.130. The van der Waals surface area contributed by atoms with E-state index in [1.54, 1.807) is 0 Å². The fourth-order valence-corrected chi connectivity index (χ4v) is 1.05. The van der Waals surface area contributed by atoms with E-state index < -0.39 is 0 Å². The molecule has 1 nitrogen and oxygen atoms in total. The standard InChI is InChI=1S/C10H22O.C2H2/c1-3-5-6-7-8-10-11-9-4-2;1-2/h3-10H2,1-2H3;1-2H. The molecule has 0 unspecified atom stereocenters. The van der Waals surface area contributed by atoms with E-state index in [2.05, 4.69) is 26.7 Å². The molecule has 0 saturated heterocycles. The maximum absolute atomic E-state index is 5.36. The molecule has 13 heavy (non-hydrogen) atoms. The predicted octanol–water partition coefficient (Wildman–Crippen LogP) is 3.63. The fourth-order valence-electron chi connectivity index (χ4n) is 1.05.